The van der Waals surface area contributed by atoms with Crippen molar-refractivity contribution in [3.8, 4) is 17.3 Å². The number of nitrogens with one attached hydrogen (secondary N) is 1. The predicted molar refractivity (Wildman–Crippen MR) is 161 cm³/mol. The summed E-state index contributed by atoms with van der Waals surface area (Å²) in [6.07, 6.45) is 1.52. The number of benzene rings is 4. The third-order valence-corrected chi connectivity index (χ3v) is 6.62. The molecule has 0 unspecified atom stereocenters. The van der Waals surface area contributed by atoms with E-state index in [0.717, 1.165) is 5.39 Å². The summed E-state index contributed by atoms with van der Waals surface area (Å²) in [5.74, 6) is 0.741. The van der Waals surface area contributed by atoms with Gasteiger partial charge in [-0.2, -0.15) is 9.78 Å². The number of amides is 1. The molecule has 0 atom stereocenters. The molecule has 0 radical (unpaired) electrons. The van der Waals surface area contributed by atoms with Crippen molar-refractivity contribution in [2.45, 2.75) is 0 Å². The molecular weight excluding hydrogens is 563 g/mol. The molecule has 2 aromatic heterocycles. The Morgan fingerprint density at radius 2 is 1.76 bits per heavy atom. The fourth-order valence-electron chi connectivity index (χ4n) is 4.20. The maximum atomic E-state index is 13.5. The van der Waals surface area contributed by atoms with Crippen molar-refractivity contribution in [3.63, 3.8) is 0 Å². The number of furan rings is 1. The first-order valence-corrected chi connectivity index (χ1v) is 13.2. The number of hydrogen-bond acceptors (Lipinski definition) is 6. The quantitative estimate of drug-likeness (QED) is 0.204. The highest BCUT2D eigenvalue weighted by Crippen LogP contribution is 2.29. The highest BCUT2D eigenvalue weighted by atomic mass is 35.5. The number of hydrogen-bond donors (Lipinski definition) is 1. The maximum absolute atomic E-state index is 13.5. The zero-order chi connectivity index (χ0) is 28.3. The van der Waals surface area contributed by atoms with Crippen molar-refractivity contribution in [3.05, 3.63) is 123 Å². The molecular formula is C31H20Cl2N4O4. The molecule has 0 aliphatic heterocycles. The summed E-state index contributed by atoms with van der Waals surface area (Å²) in [6, 6.07) is 27.9. The number of carbonyl (C=O) groups is 1. The average molecular weight is 583 g/mol. The van der Waals surface area contributed by atoms with Crippen LogP contribution in [0.2, 0.25) is 10.0 Å². The zero-order valence-electron chi connectivity index (χ0n) is 21.3. The van der Waals surface area contributed by atoms with Crippen LogP contribution in [0.15, 0.2) is 111 Å². The minimum atomic E-state index is -0.355. The molecule has 41 heavy (non-hydrogen) atoms. The molecule has 0 aliphatic carbocycles. The summed E-state index contributed by atoms with van der Waals surface area (Å²) in [7, 11) is 0. The van der Waals surface area contributed by atoms with Crippen LogP contribution in [-0.2, 0) is 4.79 Å². The Labute approximate surface area is 243 Å². The van der Waals surface area contributed by atoms with Crippen LogP contribution in [0.1, 0.15) is 5.56 Å². The molecule has 0 fully saturated rings. The van der Waals surface area contributed by atoms with E-state index >= 15 is 0 Å². The van der Waals surface area contributed by atoms with Gasteiger partial charge in [-0.3, -0.25) is 9.59 Å². The number of aromatic nitrogens is 2. The second-order valence-electron chi connectivity index (χ2n) is 9.02. The Kier molecular flexibility index (Phi) is 7.24. The van der Waals surface area contributed by atoms with Gasteiger partial charge in [0.2, 0.25) is 5.82 Å². The average Bonchev–Trinajstić information content (AvgIpc) is 3.40. The fourth-order valence-corrected chi connectivity index (χ4v) is 4.51. The molecule has 8 nitrogen and oxygen atoms in total. The first-order chi connectivity index (χ1) is 19.9. The fraction of sp³-hybridized carbons (Fsp3) is 0.0323. The van der Waals surface area contributed by atoms with E-state index in [1.54, 1.807) is 91.0 Å². The van der Waals surface area contributed by atoms with Gasteiger partial charge in [-0.15, -0.1) is 0 Å². The van der Waals surface area contributed by atoms with Crippen LogP contribution < -0.4 is 15.6 Å². The van der Waals surface area contributed by atoms with Crippen LogP contribution >= 0.6 is 23.2 Å². The number of rotatable bonds is 7. The molecule has 6 aromatic rings. The van der Waals surface area contributed by atoms with E-state index < -0.39 is 0 Å². The Morgan fingerprint density at radius 3 is 2.61 bits per heavy atom. The SMILES string of the molecule is O=C(COc1cccc(C=Nn2c(-c3cc4cc(Cl)ccc4o3)nc3ccccc3c2=O)c1)Nc1ccc(Cl)cc1. The van der Waals surface area contributed by atoms with E-state index in [1.165, 1.54) is 10.9 Å². The molecule has 1 N–H and O–H groups in total. The van der Waals surface area contributed by atoms with Gasteiger partial charge < -0.3 is 14.5 Å². The van der Waals surface area contributed by atoms with E-state index in [9.17, 15) is 9.59 Å². The Bertz CT molecular complexity index is 2000. The van der Waals surface area contributed by atoms with Crippen LogP contribution in [0.25, 0.3) is 33.5 Å². The van der Waals surface area contributed by atoms with Gasteiger partial charge >= 0.3 is 0 Å². The Morgan fingerprint density at radius 1 is 0.951 bits per heavy atom. The minimum Gasteiger partial charge on any atom is -0.484 e. The lowest BCUT2D eigenvalue weighted by Crippen LogP contribution is -2.20. The highest BCUT2D eigenvalue weighted by molar-refractivity contribution is 6.31. The van der Waals surface area contributed by atoms with Crippen LogP contribution in [0.4, 0.5) is 5.69 Å². The standard InChI is InChI=1S/C31H20Cl2N4O4/c32-21-8-11-23(12-9-21)35-29(38)18-40-24-5-3-4-19(14-24)17-34-37-30(36-26-7-2-1-6-25(26)31(37)39)28-16-20-15-22(33)10-13-27(20)41-28/h1-17H,18H2,(H,35,38). The number of halogens is 2. The lowest BCUT2D eigenvalue weighted by atomic mass is 10.2. The van der Waals surface area contributed by atoms with E-state index in [4.69, 9.17) is 32.4 Å². The van der Waals surface area contributed by atoms with E-state index in [1.807, 2.05) is 6.07 Å². The molecule has 4 aromatic carbocycles. The van der Waals surface area contributed by atoms with E-state index in [2.05, 4.69) is 15.4 Å². The van der Waals surface area contributed by atoms with Crippen molar-refractivity contribution in [1.82, 2.24) is 9.66 Å². The number of para-hydroxylation sites is 1. The first kappa shape index (κ1) is 26.3. The third kappa shape index (κ3) is 5.84. The van der Waals surface area contributed by atoms with Crippen LogP contribution in [0.3, 0.4) is 0 Å². The highest BCUT2D eigenvalue weighted by Gasteiger charge is 2.16. The monoisotopic (exact) mass is 582 g/mol. The smallest absolute Gasteiger partial charge is 0.282 e. The lowest BCUT2D eigenvalue weighted by molar-refractivity contribution is -0.118. The second kappa shape index (κ2) is 11.3. The predicted octanol–water partition coefficient (Wildman–Crippen LogP) is 7.02. The summed E-state index contributed by atoms with van der Waals surface area (Å²) in [4.78, 5) is 30.5. The van der Waals surface area contributed by atoms with Gasteiger partial charge in [0.25, 0.3) is 11.5 Å². The molecule has 0 saturated heterocycles. The molecule has 6 rings (SSSR count). The van der Waals surface area contributed by atoms with Crippen LogP contribution in [-0.4, -0.2) is 28.4 Å². The van der Waals surface area contributed by atoms with Crippen molar-refractivity contribution in [2.75, 3.05) is 11.9 Å². The number of fused-ring (bicyclic) bond motifs is 2. The van der Waals surface area contributed by atoms with Crippen molar-refractivity contribution in [2.24, 2.45) is 5.10 Å². The third-order valence-electron chi connectivity index (χ3n) is 6.13. The molecule has 202 valence electrons. The minimum absolute atomic E-state index is 0.197. The van der Waals surface area contributed by atoms with Crippen molar-refractivity contribution < 1.29 is 13.9 Å². The van der Waals surface area contributed by atoms with Gasteiger partial charge in [0.1, 0.15) is 11.3 Å². The number of ether oxygens (including phenoxy) is 1. The van der Waals surface area contributed by atoms with Crippen LogP contribution in [0, 0.1) is 0 Å². The molecule has 0 saturated carbocycles. The van der Waals surface area contributed by atoms with E-state index in [-0.39, 0.29) is 23.9 Å². The number of carbonyl (C=O) groups excluding carboxylic acids is 1. The molecule has 0 bridgehead atoms. The second-order valence-corrected chi connectivity index (χ2v) is 9.90. The van der Waals surface area contributed by atoms with E-state index in [0.29, 0.717) is 49.3 Å². The number of anilines is 1. The molecule has 1 amide bonds. The largest absolute Gasteiger partial charge is 0.484 e. The normalized spacial score (nSPS) is 11.4. The maximum Gasteiger partial charge on any atom is 0.282 e. The zero-order valence-corrected chi connectivity index (χ0v) is 22.8. The van der Waals surface area contributed by atoms with Gasteiger partial charge in [-0.05, 0) is 78.4 Å². The molecule has 0 spiro atoms. The molecule has 0 aliphatic rings. The Balaban J connectivity index is 1.28. The van der Waals surface area contributed by atoms with Crippen molar-refractivity contribution in [1.29, 1.82) is 0 Å². The lowest BCUT2D eigenvalue weighted by Gasteiger charge is -2.09. The van der Waals surface area contributed by atoms with Crippen LogP contribution in [0.5, 0.6) is 5.75 Å². The molecule has 2 heterocycles. The number of nitrogens with zero attached hydrogens (tertiary/aromatic N) is 3. The molecule has 10 heteroatoms. The summed E-state index contributed by atoms with van der Waals surface area (Å²) < 4.78 is 12.9. The summed E-state index contributed by atoms with van der Waals surface area (Å²) in [6.45, 7) is -0.197. The van der Waals surface area contributed by atoms with Gasteiger partial charge in [-0.25, -0.2) is 4.98 Å². The summed E-state index contributed by atoms with van der Waals surface area (Å²) in [5, 5.41) is 9.55. The van der Waals surface area contributed by atoms with Gasteiger partial charge in [0, 0.05) is 21.1 Å². The van der Waals surface area contributed by atoms with Gasteiger partial charge in [0.05, 0.1) is 17.1 Å². The van der Waals surface area contributed by atoms with Gasteiger partial charge in [0.15, 0.2) is 12.4 Å². The Hall–Kier alpha value is -4.92. The van der Waals surface area contributed by atoms with Crippen molar-refractivity contribution >= 4 is 62.9 Å². The summed E-state index contributed by atoms with van der Waals surface area (Å²) >= 11 is 12.0. The first-order valence-electron chi connectivity index (χ1n) is 12.5. The van der Waals surface area contributed by atoms with Gasteiger partial charge in [-0.1, -0.05) is 47.5 Å². The summed E-state index contributed by atoms with van der Waals surface area (Å²) in [5.41, 5.74) is 2.02. The topological polar surface area (TPSA) is 98.7 Å².